The Balaban J connectivity index is 1.71. The highest BCUT2D eigenvalue weighted by atomic mass is 32.1. The van der Waals surface area contributed by atoms with E-state index < -0.39 is 0 Å². The molecule has 0 saturated carbocycles. The highest BCUT2D eigenvalue weighted by molar-refractivity contribution is 7.19. The molecule has 0 atom stereocenters. The van der Waals surface area contributed by atoms with E-state index >= 15 is 0 Å². The highest BCUT2D eigenvalue weighted by Crippen LogP contribution is 2.33. The first kappa shape index (κ1) is 16.7. The molecule has 1 amide bonds. The van der Waals surface area contributed by atoms with Crippen LogP contribution in [0.1, 0.15) is 15.9 Å². The second-order valence-electron chi connectivity index (χ2n) is 5.23. The third-order valence-electron chi connectivity index (χ3n) is 3.54. The van der Waals surface area contributed by atoms with E-state index in [-0.39, 0.29) is 5.91 Å². The average Bonchev–Trinajstić information content (AvgIpc) is 3.04. The number of methoxy groups -OCH3 is 1. The summed E-state index contributed by atoms with van der Waals surface area (Å²) in [5.74, 6) is 0.389. The summed E-state index contributed by atoms with van der Waals surface area (Å²) in [4.78, 5) is 13.2. The summed E-state index contributed by atoms with van der Waals surface area (Å²) in [7, 11) is 1.60. The van der Waals surface area contributed by atoms with Crippen LogP contribution in [0.4, 0.5) is 5.00 Å². The van der Waals surface area contributed by atoms with Gasteiger partial charge in [0.25, 0.3) is 5.91 Å². The van der Waals surface area contributed by atoms with Gasteiger partial charge >= 0.3 is 0 Å². The van der Waals surface area contributed by atoms with Crippen molar-refractivity contribution < 1.29 is 9.53 Å². The predicted octanol–water partition coefficient (Wildman–Crippen LogP) is 3.77. The standard InChI is InChI=1S/C19H17N3O2S/c1-24-15-9-5-6-13(10-15)12-21-22-19(23)16-11-17(25-18(16)20)14-7-3-2-4-8-14/h2-12H,20H2,1H3,(H,22,23). The number of nitrogens with zero attached hydrogens (tertiary/aromatic N) is 1. The normalized spacial score (nSPS) is 10.8. The van der Waals surface area contributed by atoms with Crippen LogP contribution in [0, 0.1) is 0 Å². The van der Waals surface area contributed by atoms with Gasteiger partial charge in [0.2, 0.25) is 0 Å². The molecule has 25 heavy (non-hydrogen) atoms. The maximum atomic E-state index is 12.3. The Morgan fingerprint density at radius 3 is 2.72 bits per heavy atom. The van der Waals surface area contributed by atoms with Crippen molar-refractivity contribution in [2.24, 2.45) is 5.10 Å². The molecule has 3 N–H and O–H groups in total. The van der Waals surface area contributed by atoms with Crippen LogP contribution in [0.5, 0.6) is 5.75 Å². The van der Waals surface area contributed by atoms with Crippen molar-refractivity contribution in [3.8, 4) is 16.2 Å². The zero-order valence-electron chi connectivity index (χ0n) is 13.6. The molecule has 5 nitrogen and oxygen atoms in total. The first-order valence-electron chi connectivity index (χ1n) is 7.59. The van der Waals surface area contributed by atoms with Gasteiger partial charge in [0.05, 0.1) is 23.9 Å². The van der Waals surface area contributed by atoms with E-state index in [9.17, 15) is 4.79 Å². The van der Waals surface area contributed by atoms with Gasteiger partial charge in [0.15, 0.2) is 0 Å². The summed E-state index contributed by atoms with van der Waals surface area (Å²) >= 11 is 1.38. The molecular formula is C19H17N3O2S. The number of nitrogens with one attached hydrogen (secondary N) is 1. The van der Waals surface area contributed by atoms with Gasteiger partial charge in [-0.1, -0.05) is 42.5 Å². The maximum absolute atomic E-state index is 12.3. The topological polar surface area (TPSA) is 76.7 Å². The van der Waals surface area contributed by atoms with Crippen LogP contribution in [-0.2, 0) is 0 Å². The first-order chi connectivity index (χ1) is 12.2. The Bertz CT molecular complexity index is 904. The van der Waals surface area contributed by atoms with Crippen molar-refractivity contribution >= 4 is 28.5 Å². The van der Waals surface area contributed by atoms with Crippen molar-refractivity contribution in [2.75, 3.05) is 12.8 Å². The van der Waals surface area contributed by atoms with Crippen molar-refractivity contribution in [3.05, 3.63) is 71.8 Å². The summed E-state index contributed by atoms with van der Waals surface area (Å²) < 4.78 is 5.15. The average molecular weight is 351 g/mol. The zero-order valence-corrected chi connectivity index (χ0v) is 14.4. The molecule has 0 unspecified atom stereocenters. The predicted molar refractivity (Wildman–Crippen MR) is 102 cm³/mol. The number of anilines is 1. The molecule has 0 radical (unpaired) electrons. The minimum absolute atomic E-state index is 0.338. The molecule has 126 valence electrons. The van der Waals surface area contributed by atoms with Gasteiger partial charge in [-0.25, -0.2) is 5.43 Å². The number of benzene rings is 2. The fourth-order valence-corrected chi connectivity index (χ4v) is 3.20. The number of carbonyl (C=O) groups excluding carboxylic acids is 1. The lowest BCUT2D eigenvalue weighted by atomic mass is 10.1. The van der Waals surface area contributed by atoms with E-state index in [1.807, 2.05) is 54.6 Å². The molecule has 0 aliphatic carbocycles. The molecule has 1 heterocycles. The fraction of sp³-hybridized carbons (Fsp3) is 0.0526. The second kappa shape index (κ2) is 7.63. The molecule has 6 heteroatoms. The Hall–Kier alpha value is -3.12. The van der Waals surface area contributed by atoms with Crippen molar-refractivity contribution in [1.29, 1.82) is 0 Å². The number of carbonyl (C=O) groups is 1. The van der Waals surface area contributed by atoms with Crippen LogP contribution in [0.25, 0.3) is 10.4 Å². The van der Waals surface area contributed by atoms with Gasteiger partial charge in [0.1, 0.15) is 5.75 Å². The molecule has 2 aromatic carbocycles. The zero-order chi connectivity index (χ0) is 17.6. The van der Waals surface area contributed by atoms with Crippen LogP contribution < -0.4 is 15.9 Å². The highest BCUT2D eigenvalue weighted by Gasteiger charge is 2.14. The van der Waals surface area contributed by atoms with E-state index in [1.165, 1.54) is 11.3 Å². The molecule has 0 aliphatic heterocycles. The van der Waals surface area contributed by atoms with Crippen molar-refractivity contribution in [1.82, 2.24) is 5.43 Å². The largest absolute Gasteiger partial charge is 0.497 e. The monoisotopic (exact) mass is 351 g/mol. The fourth-order valence-electron chi connectivity index (χ4n) is 2.27. The van der Waals surface area contributed by atoms with Gasteiger partial charge in [-0.3, -0.25) is 4.79 Å². The summed E-state index contributed by atoms with van der Waals surface area (Å²) in [5, 5.41) is 4.45. The number of nitrogens with two attached hydrogens (primary N) is 1. The van der Waals surface area contributed by atoms with Crippen LogP contribution in [0.15, 0.2) is 65.8 Å². The number of thiophene rings is 1. The Morgan fingerprint density at radius 1 is 1.16 bits per heavy atom. The molecule has 1 aromatic heterocycles. The van der Waals surface area contributed by atoms with Gasteiger partial charge in [-0.05, 0) is 29.3 Å². The lowest BCUT2D eigenvalue weighted by molar-refractivity contribution is 0.0956. The maximum Gasteiger partial charge on any atom is 0.274 e. The number of hydrogen-bond donors (Lipinski definition) is 2. The third-order valence-corrected chi connectivity index (χ3v) is 4.55. The number of rotatable bonds is 5. The Labute approximate surface area is 149 Å². The Kier molecular flexibility index (Phi) is 5.11. The van der Waals surface area contributed by atoms with Gasteiger partial charge < -0.3 is 10.5 Å². The quantitative estimate of drug-likeness (QED) is 0.543. The molecule has 3 rings (SSSR count). The third kappa shape index (κ3) is 4.05. The smallest absolute Gasteiger partial charge is 0.274 e. The molecular weight excluding hydrogens is 334 g/mol. The number of nitrogen functional groups attached to an aromatic ring is 1. The van der Waals surface area contributed by atoms with E-state index in [0.29, 0.717) is 10.6 Å². The number of hydrogen-bond acceptors (Lipinski definition) is 5. The van der Waals surface area contributed by atoms with Crippen LogP contribution in [0.3, 0.4) is 0 Å². The summed E-state index contributed by atoms with van der Waals surface area (Å²) in [6, 6.07) is 19.0. The van der Waals surface area contributed by atoms with Gasteiger partial charge in [0, 0.05) is 4.88 Å². The number of ether oxygens (including phenoxy) is 1. The van der Waals surface area contributed by atoms with E-state index in [4.69, 9.17) is 10.5 Å². The molecule has 0 aliphatic rings. The van der Waals surface area contributed by atoms with Crippen LogP contribution in [-0.4, -0.2) is 19.2 Å². The minimum Gasteiger partial charge on any atom is -0.497 e. The lowest BCUT2D eigenvalue weighted by Gasteiger charge is -2.00. The van der Waals surface area contributed by atoms with E-state index in [2.05, 4.69) is 10.5 Å². The second-order valence-corrected chi connectivity index (χ2v) is 6.31. The number of hydrazone groups is 1. The molecule has 0 spiro atoms. The van der Waals surface area contributed by atoms with E-state index in [1.54, 1.807) is 19.4 Å². The number of amides is 1. The first-order valence-corrected chi connectivity index (χ1v) is 8.41. The molecule has 0 fully saturated rings. The van der Waals surface area contributed by atoms with Crippen LogP contribution >= 0.6 is 11.3 Å². The SMILES string of the molecule is COc1cccc(C=NNC(=O)c2cc(-c3ccccc3)sc2N)c1. The lowest BCUT2D eigenvalue weighted by Crippen LogP contribution is -2.18. The van der Waals surface area contributed by atoms with Crippen molar-refractivity contribution in [2.45, 2.75) is 0 Å². The van der Waals surface area contributed by atoms with Crippen molar-refractivity contribution in [3.63, 3.8) is 0 Å². The summed E-state index contributed by atoms with van der Waals surface area (Å²) in [6.07, 6.45) is 1.56. The minimum atomic E-state index is -0.338. The summed E-state index contributed by atoms with van der Waals surface area (Å²) in [6.45, 7) is 0. The van der Waals surface area contributed by atoms with E-state index in [0.717, 1.165) is 21.8 Å². The molecule has 0 saturated heterocycles. The van der Waals surface area contributed by atoms with Gasteiger partial charge in [-0.15, -0.1) is 11.3 Å². The Morgan fingerprint density at radius 2 is 1.96 bits per heavy atom. The molecule has 0 bridgehead atoms. The van der Waals surface area contributed by atoms with Crippen LogP contribution in [0.2, 0.25) is 0 Å². The summed E-state index contributed by atoms with van der Waals surface area (Å²) in [5.41, 5.74) is 10.8. The van der Waals surface area contributed by atoms with Gasteiger partial charge in [-0.2, -0.15) is 5.10 Å². The molecule has 3 aromatic rings.